The molecule has 3 aromatic heterocycles. The molecule has 0 radical (unpaired) electrons. The van der Waals surface area contributed by atoms with Gasteiger partial charge in [-0.3, -0.25) is 9.89 Å². The Morgan fingerprint density at radius 1 is 1.44 bits per heavy atom. The van der Waals surface area contributed by atoms with Gasteiger partial charge >= 0.3 is 0 Å². The number of aryl methyl sites for hydroxylation is 1. The molecular weight excluding hydrogens is 252 g/mol. The first-order chi connectivity index (χ1) is 8.61. The molecule has 18 heavy (non-hydrogen) atoms. The molecule has 0 unspecified atom stereocenters. The Hall–Kier alpha value is -2.22. The van der Waals surface area contributed by atoms with Crippen LogP contribution < -0.4 is 11.3 Å². The van der Waals surface area contributed by atoms with Crippen LogP contribution in [0.3, 0.4) is 0 Å². The number of hydrogen-bond donors (Lipinski definition) is 2. The zero-order chi connectivity index (χ0) is 12.7. The molecule has 0 saturated heterocycles. The third-order valence-corrected chi connectivity index (χ3v) is 3.15. The van der Waals surface area contributed by atoms with Gasteiger partial charge in [-0.25, -0.2) is 9.97 Å². The van der Waals surface area contributed by atoms with E-state index >= 15 is 0 Å². The van der Waals surface area contributed by atoms with Gasteiger partial charge in [0.05, 0.1) is 12.1 Å². The lowest BCUT2D eigenvalue weighted by atomic mass is 10.3. The van der Waals surface area contributed by atoms with Gasteiger partial charge in [0.25, 0.3) is 11.3 Å². The number of rotatable bonds is 2. The maximum absolute atomic E-state index is 11.7. The number of aromatic nitrogens is 5. The summed E-state index contributed by atoms with van der Waals surface area (Å²) in [5, 5.41) is 5.29. The molecule has 0 aliphatic heterocycles. The van der Waals surface area contributed by atoms with Crippen LogP contribution in [0.1, 0.15) is 17.2 Å². The van der Waals surface area contributed by atoms with Gasteiger partial charge in [-0.15, -0.1) is 11.3 Å². The Balaban J connectivity index is 2.03. The fourth-order valence-electron chi connectivity index (χ4n) is 1.69. The minimum atomic E-state index is -0.172. The second-order valence-electron chi connectivity index (χ2n) is 3.90. The fourth-order valence-corrected chi connectivity index (χ4v) is 2.25. The molecule has 0 aliphatic rings. The number of hydrogen-bond acceptors (Lipinski definition) is 6. The van der Waals surface area contributed by atoms with Crippen molar-refractivity contribution in [3.63, 3.8) is 0 Å². The lowest BCUT2D eigenvalue weighted by molar-refractivity contribution is 0.853. The number of aromatic amines is 1. The van der Waals surface area contributed by atoms with Crippen LogP contribution in [-0.2, 0) is 6.42 Å². The molecular formula is C10H10N6OS. The van der Waals surface area contributed by atoms with Crippen LogP contribution in [0.15, 0.2) is 16.2 Å². The highest BCUT2D eigenvalue weighted by Gasteiger charge is 2.08. The Morgan fingerprint density at radius 2 is 2.28 bits per heavy atom. The summed E-state index contributed by atoms with van der Waals surface area (Å²) >= 11 is 1.38. The molecule has 3 N–H and O–H groups in total. The van der Waals surface area contributed by atoms with Crippen LogP contribution in [0.2, 0.25) is 0 Å². The molecule has 8 heteroatoms. The summed E-state index contributed by atoms with van der Waals surface area (Å²) in [5.41, 5.74) is 6.86. The van der Waals surface area contributed by atoms with E-state index in [-0.39, 0.29) is 5.56 Å². The smallest absolute Gasteiger partial charge is 0.274 e. The highest BCUT2D eigenvalue weighted by atomic mass is 32.1. The first-order valence-electron chi connectivity index (χ1n) is 5.27. The number of nitrogen functional groups attached to an aromatic ring is 1. The number of thiazole rings is 1. The molecule has 0 saturated carbocycles. The van der Waals surface area contributed by atoms with Gasteiger partial charge in [0, 0.05) is 17.1 Å². The molecule has 0 amide bonds. The average Bonchev–Trinajstić information content (AvgIpc) is 2.85. The molecule has 0 aliphatic carbocycles. The van der Waals surface area contributed by atoms with E-state index in [0.717, 1.165) is 5.69 Å². The van der Waals surface area contributed by atoms with E-state index in [1.807, 2.05) is 5.38 Å². The van der Waals surface area contributed by atoms with Crippen molar-refractivity contribution in [2.75, 3.05) is 5.73 Å². The van der Waals surface area contributed by atoms with Gasteiger partial charge in [0.2, 0.25) is 0 Å². The number of anilines is 1. The summed E-state index contributed by atoms with van der Waals surface area (Å²) in [4.78, 5) is 24.3. The number of fused-ring (bicyclic) bond motifs is 1. The normalized spacial score (nSPS) is 11.2. The number of nitrogens with zero attached hydrogens (tertiary/aromatic N) is 4. The van der Waals surface area contributed by atoms with Crippen molar-refractivity contribution >= 4 is 22.2 Å². The van der Waals surface area contributed by atoms with Crippen molar-refractivity contribution in [2.45, 2.75) is 13.3 Å². The van der Waals surface area contributed by atoms with Crippen molar-refractivity contribution in [1.29, 1.82) is 0 Å². The van der Waals surface area contributed by atoms with E-state index in [1.54, 1.807) is 6.92 Å². The van der Waals surface area contributed by atoms with Gasteiger partial charge in [0.1, 0.15) is 5.82 Å². The van der Waals surface area contributed by atoms with Gasteiger partial charge in [-0.2, -0.15) is 9.50 Å². The number of H-pyrrole nitrogens is 1. The molecule has 0 fully saturated rings. The number of nitrogens with two attached hydrogens (primary N) is 1. The van der Waals surface area contributed by atoms with Gasteiger partial charge in [-0.05, 0) is 6.92 Å². The topological polar surface area (TPSA) is 102 Å². The zero-order valence-electron chi connectivity index (χ0n) is 9.54. The van der Waals surface area contributed by atoms with Gasteiger partial charge in [0.15, 0.2) is 5.13 Å². The predicted molar refractivity (Wildman–Crippen MR) is 67.7 cm³/mol. The molecule has 3 heterocycles. The van der Waals surface area contributed by atoms with E-state index in [4.69, 9.17) is 5.73 Å². The first kappa shape index (κ1) is 10.9. The van der Waals surface area contributed by atoms with Crippen molar-refractivity contribution < 1.29 is 0 Å². The summed E-state index contributed by atoms with van der Waals surface area (Å²) in [7, 11) is 0. The third kappa shape index (κ3) is 1.86. The minimum absolute atomic E-state index is 0.172. The van der Waals surface area contributed by atoms with E-state index < -0.39 is 0 Å². The standard InChI is InChI=1S/C10H10N6OS/c1-5-2-8(17)16-10(12-5)14-7(15-16)3-6-4-18-9(11)13-6/h2,4H,3H2,1H3,(H2,11,13)(H,12,14,15). The molecule has 7 nitrogen and oxygen atoms in total. The molecule has 0 bridgehead atoms. The van der Waals surface area contributed by atoms with Gasteiger partial charge in [-0.1, -0.05) is 0 Å². The highest BCUT2D eigenvalue weighted by molar-refractivity contribution is 7.13. The second-order valence-corrected chi connectivity index (χ2v) is 4.79. The lowest BCUT2D eigenvalue weighted by Gasteiger charge is -1.91. The first-order valence-corrected chi connectivity index (χ1v) is 6.15. The molecule has 0 aromatic carbocycles. The summed E-state index contributed by atoms with van der Waals surface area (Å²) in [5.74, 6) is 1.01. The SMILES string of the molecule is Cc1cc(=O)n2[nH]c(Cc3csc(N)n3)nc2n1. The minimum Gasteiger partial charge on any atom is -0.375 e. The predicted octanol–water partition coefficient (Wildman–Crippen LogP) is 0.356. The zero-order valence-corrected chi connectivity index (χ0v) is 10.4. The van der Waals surface area contributed by atoms with E-state index in [1.165, 1.54) is 21.9 Å². The van der Waals surface area contributed by atoms with Crippen LogP contribution in [0.4, 0.5) is 5.13 Å². The van der Waals surface area contributed by atoms with E-state index in [9.17, 15) is 4.79 Å². The maximum atomic E-state index is 11.7. The van der Waals surface area contributed by atoms with Crippen LogP contribution in [0.25, 0.3) is 5.78 Å². The maximum Gasteiger partial charge on any atom is 0.274 e. The van der Waals surface area contributed by atoms with Crippen LogP contribution in [-0.4, -0.2) is 24.6 Å². The van der Waals surface area contributed by atoms with E-state index in [0.29, 0.717) is 28.8 Å². The van der Waals surface area contributed by atoms with Crippen molar-refractivity contribution in [1.82, 2.24) is 24.6 Å². The fraction of sp³-hybridized carbons (Fsp3) is 0.200. The molecule has 0 spiro atoms. The largest absolute Gasteiger partial charge is 0.375 e. The molecule has 92 valence electrons. The Labute approximate surface area is 105 Å². The van der Waals surface area contributed by atoms with Crippen LogP contribution in [0.5, 0.6) is 0 Å². The molecule has 0 atom stereocenters. The average molecular weight is 262 g/mol. The summed E-state index contributed by atoms with van der Waals surface area (Å²) in [6.07, 6.45) is 0.496. The lowest BCUT2D eigenvalue weighted by Crippen LogP contribution is -2.14. The summed E-state index contributed by atoms with van der Waals surface area (Å²) in [6, 6.07) is 1.45. The third-order valence-electron chi connectivity index (χ3n) is 2.42. The molecule has 3 aromatic rings. The number of nitrogens with one attached hydrogen (secondary N) is 1. The quantitative estimate of drug-likeness (QED) is 0.694. The van der Waals surface area contributed by atoms with Crippen LogP contribution in [0, 0.1) is 6.92 Å². The Morgan fingerprint density at radius 3 is 3.00 bits per heavy atom. The van der Waals surface area contributed by atoms with Crippen molar-refractivity contribution in [3.05, 3.63) is 39.0 Å². The van der Waals surface area contributed by atoms with E-state index in [2.05, 4.69) is 20.1 Å². The Bertz CT molecular complexity index is 770. The van der Waals surface area contributed by atoms with Gasteiger partial charge < -0.3 is 5.73 Å². The molecule has 3 rings (SSSR count). The highest BCUT2D eigenvalue weighted by Crippen LogP contribution is 2.13. The van der Waals surface area contributed by atoms with Crippen molar-refractivity contribution in [2.24, 2.45) is 0 Å². The summed E-state index contributed by atoms with van der Waals surface area (Å²) in [6.45, 7) is 1.76. The van der Waals surface area contributed by atoms with Crippen LogP contribution >= 0.6 is 11.3 Å². The monoisotopic (exact) mass is 262 g/mol. The Kier molecular flexibility index (Phi) is 2.37. The second kappa shape index (κ2) is 3.91. The van der Waals surface area contributed by atoms with Crippen molar-refractivity contribution in [3.8, 4) is 0 Å². The summed E-state index contributed by atoms with van der Waals surface area (Å²) < 4.78 is 1.32.